The van der Waals surface area contributed by atoms with Crippen molar-refractivity contribution in [1.29, 1.82) is 0 Å². The number of hydrogen-bond acceptors (Lipinski definition) is 3. The second kappa shape index (κ2) is 6.73. The summed E-state index contributed by atoms with van der Waals surface area (Å²) >= 11 is 0. The molecule has 6 heteroatoms. The van der Waals surface area contributed by atoms with E-state index in [4.69, 9.17) is 0 Å². The van der Waals surface area contributed by atoms with E-state index < -0.39 is 10.2 Å². The average Bonchev–Trinajstić information content (AvgIpc) is 2.47. The van der Waals surface area contributed by atoms with E-state index in [1.807, 2.05) is 14.0 Å². The van der Waals surface area contributed by atoms with Crippen molar-refractivity contribution in [3.63, 3.8) is 0 Å². The molecule has 5 nitrogen and oxygen atoms in total. The second-order valence-corrected chi connectivity index (χ2v) is 8.21. The highest BCUT2D eigenvalue weighted by molar-refractivity contribution is 7.86. The van der Waals surface area contributed by atoms with Crippen LogP contribution in [0.3, 0.4) is 0 Å². The van der Waals surface area contributed by atoms with Crippen LogP contribution in [0.1, 0.15) is 51.9 Å². The predicted molar refractivity (Wildman–Crippen MR) is 81.8 cm³/mol. The molecule has 1 aliphatic carbocycles. The molecule has 1 atom stereocenters. The van der Waals surface area contributed by atoms with Crippen LogP contribution in [0.25, 0.3) is 0 Å². The number of hydrogen-bond donors (Lipinski definition) is 1. The van der Waals surface area contributed by atoms with E-state index in [0.717, 1.165) is 44.9 Å². The molecule has 0 aromatic carbocycles. The average molecular weight is 303 g/mol. The smallest absolute Gasteiger partial charge is 0.282 e. The van der Waals surface area contributed by atoms with Gasteiger partial charge in [0.1, 0.15) is 0 Å². The Balaban J connectivity index is 2.01. The molecular weight excluding hydrogens is 274 g/mol. The Morgan fingerprint density at radius 3 is 2.30 bits per heavy atom. The van der Waals surface area contributed by atoms with Crippen molar-refractivity contribution >= 4 is 10.2 Å². The Hall–Kier alpha value is -0.170. The first-order valence-electron chi connectivity index (χ1n) is 7.89. The molecule has 0 spiro atoms. The predicted octanol–water partition coefficient (Wildman–Crippen LogP) is 1.57. The van der Waals surface area contributed by atoms with Gasteiger partial charge in [-0.3, -0.25) is 0 Å². The van der Waals surface area contributed by atoms with Gasteiger partial charge in [-0.25, -0.2) is 0 Å². The number of piperidine rings is 1. The van der Waals surface area contributed by atoms with Gasteiger partial charge in [0.15, 0.2) is 0 Å². The molecule has 1 N–H and O–H groups in total. The van der Waals surface area contributed by atoms with Crippen LogP contribution in [-0.4, -0.2) is 55.8 Å². The first-order chi connectivity index (χ1) is 9.46. The van der Waals surface area contributed by atoms with Gasteiger partial charge in [0.25, 0.3) is 10.2 Å². The van der Waals surface area contributed by atoms with Crippen LogP contribution in [0.2, 0.25) is 0 Å². The maximum absolute atomic E-state index is 12.8. The standard InChI is InChI=1S/C14H29N3O2S/c1-12-6-4-5-11-17(12)20(18,19)16(3)14-9-7-13(15-2)8-10-14/h12-15H,4-11H2,1-3H3. The van der Waals surface area contributed by atoms with Gasteiger partial charge < -0.3 is 5.32 Å². The molecular formula is C14H29N3O2S. The lowest BCUT2D eigenvalue weighted by Crippen LogP contribution is -2.52. The summed E-state index contributed by atoms with van der Waals surface area (Å²) in [7, 11) is 0.463. The van der Waals surface area contributed by atoms with Crippen molar-refractivity contribution in [3.05, 3.63) is 0 Å². The maximum Gasteiger partial charge on any atom is 0.282 e. The molecule has 20 heavy (non-hydrogen) atoms. The molecule has 1 heterocycles. The van der Waals surface area contributed by atoms with E-state index in [0.29, 0.717) is 12.6 Å². The lowest BCUT2D eigenvalue weighted by Gasteiger charge is -2.39. The minimum atomic E-state index is -3.29. The summed E-state index contributed by atoms with van der Waals surface area (Å²) < 4.78 is 28.9. The molecule has 2 fully saturated rings. The Bertz CT molecular complexity index is 405. The third-order valence-electron chi connectivity index (χ3n) is 5.02. The lowest BCUT2D eigenvalue weighted by atomic mass is 9.91. The van der Waals surface area contributed by atoms with E-state index in [2.05, 4.69) is 5.32 Å². The summed E-state index contributed by atoms with van der Waals surface area (Å²) in [5.74, 6) is 0. The van der Waals surface area contributed by atoms with Crippen molar-refractivity contribution in [3.8, 4) is 0 Å². The molecule has 1 saturated heterocycles. The summed E-state index contributed by atoms with van der Waals surface area (Å²) in [6.07, 6.45) is 7.17. The first-order valence-corrected chi connectivity index (χ1v) is 9.28. The van der Waals surface area contributed by atoms with E-state index in [-0.39, 0.29) is 12.1 Å². The van der Waals surface area contributed by atoms with Crippen LogP contribution in [0.15, 0.2) is 0 Å². The highest BCUT2D eigenvalue weighted by atomic mass is 32.2. The molecule has 0 aromatic heterocycles. The lowest BCUT2D eigenvalue weighted by molar-refractivity contribution is 0.212. The van der Waals surface area contributed by atoms with Gasteiger partial charge in [0.05, 0.1) is 0 Å². The molecule has 118 valence electrons. The minimum absolute atomic E-state index is 0.143. The Morgan fingerprint density at radius 2 is 1.75 bits per heavy atom. The van der Waals surface area contributed by atoms with Crippen LogP contribution in [0, 0.1) is 0 Å². The fraction of sp³-hybridized carbons (Fsp3) is 1.00. The number of nitrogens with zero attached hydrogens (tertiary/aromatic N) is 2. The first kappa shape index (κ1) is 16.2. The monoisotopic (exact) mass is 303 g/mol. The van der Waals surface area contributed by atoms with Gasteiger partial charge in [-0.2, -0.15) is 17.0 Å². The van der Waals surface area contributed by atoms with Crippen molar-refractivity contribution in [1.82, 2.24) is 13.9 Å². The van der Waals surface area contributed by atoms with Crippen LogP contribution < -0.4 is 5.32 Å². The van der Waals surface area contributed by atoms with Crippen molar-refractivity contribution in [2.75, 3.05) is 20.6 Å². The van der Waals surface area contributed by atoms with Gasteiger partial charge >= 0.3 is 0 Å². The highest BCUT2D eigenvalue weighted by Crippen LogP contribution is 2.28. The van der Waals surface area contributed by atoms with E-state index >= 15 is 0 Å². The number of rotatable bonds is 4. The van der Waals surface area contributed by atoms with Gasteiger partial charge in [-0.1, -0.05) is 6.42 Å². The van der Waals surface area contributed by atoms with Gasteiger partial charge in [0.2, 0.25) is 0 Å². The zero-order valence-corrected chi connectivity index (χ0v) is 13.8. The van der Waals surface area contributed by atoms with Gasteiger partial charge in [-0.05, 0) is 52.5 Å². The van der Waals surface area contributed by atoms with Gasteiger partial charge in [-0.15, -0.1) is 0 Å². The zero-order chi connectivity index (χ0) is 14.8. The second-order valence-electron chi connectivity index (χ2n) is 6.27. The van der Waals surface area contributed by atoms with Gasteiger partial charge in [0, 0.05) is 31.7 Å². The third-order valence-corrected chi connectivity index (χ3v) is 7.18. The SMILES string of the molecule is CNC1CCC(N(C)S(=O)(=O)N2CCCCC2C)CC1. The van der Waals surface area contributed by atoms with Crippen molar-refractivity contribution in [2.45, 2.75) is 70.0 Å². The topological polar surface area (TPSA) is 52.7 Å². The normalized spacial score (nSPS) is 33.5. The van der Waals surface area contributed by atoms with Crippen LogP contribution in [0.4, 0.5) is 0 Å². The summed E-state index contributed by atoms with van der Waals surface area (Å²) in [6, 6.07) is 0.861. The van der Waals surface area contributed by atoms with Crippen molar-refractivity contribution in [2.24, 2.45) is 0 Å². The molecule has 0 aromatic rings. The molecule has 0 amide bonds. The molecule has 2 aliphatic rings. The molecule has 1 saturated carbocycles. The Labute approximate surface area is 123 Å². The number of nitrogens with one attached hydrogen (secondary N) is 1. The third kappa shape index (κ3) is 3.35. The van der Waals surface area contributed by atoms with E-state index in [9.17, 15) is 8.42 Å². The summed E-state index contributed by atoms with van der Waals surface area (Å²) in [5.41, 5.74) is 0. The molecule has 1 unspecified atom stereocenters. The molecule has 2 rings (SSSR count). The van der Waals surface area contributed by atoms with Crippen molar-refractivity contribution < 1.29 is 8.42 Å². The minimum Gasteiger partial charge on any atom is -0.317 e. The van der Waals surface area contributed by atoms with Crippen LogP contribution >= 0.6 is 0 Å². The summed E-state index contributed by atoms with van der Waals surface area (Å²) in [6.45, 7) is 2.71. The Kier molecular flexibility index (Phi) is 5.45. The van der Waals surface area contributed by atoms with E-state index in [1.54, 1.807) is 15.7 Å². The maximum atomic E-state index is 12.8. The summed E-state index contributed by atoms with van der Waals surface area (Å²) in [4.78, 5) is 0. The molecule has 0 radical (unpaired) electrons. The van der Waals surface area contributed by atoms with Crippen LogP contribution in [0.5, 0.6) is 0 Å². The highest BCUT2D eigenvalue weighted by Gasteiger charge is 2.37. The summed E-state index contributed by atoms with van der Waals surface area (Å²) in [5, 5.41) is 3.29. The van der Waals surface area contributed by atoms with E-state index in [1.165, 1.54) is 0 Å². The largest absolute Gasteiger partial charge is 0.317 e. The fourth-order valence-corrected chi connectivity index (χ4v) is 5.33. The van der Waals surface area contributed by atoms with Crippen LogP contribution in [-0.2, 0) is 10.2 Å². The Morgan fingerprint density at radius 1 is 1.10 bits per heavy atom. The fourth-order valence-electron chi connectivity index (χ4n) is 3.50. The molecule has 0 bridgehead atoms. The zero-order valence-electron chi connectivity index (χ0n) is 13.0. The quantitative estimate of drug-likeness (QED) is 0.857. The molecule has 1 aliphatic heterocycles.